The monoisotopic (exact) mass is 267 g/mol. The van der Waals surface area contributed by atoms with E-state index >= 15 is 0 Å². The molecule has 0 aliphatic heterocycles. The number of sulfone groups is 2. The molecule has 16 heavy (non-hydrogen) atoms. The highest BCUT2D eigenvalue weighted by Crippen LogP contribution is 2.24. The van der Waals surface area contributed by atoms with Gasteiger partial charge in [0.2, 0.25) is 0 Å². The number of hydrogen-bond acceptors (Lipinski definition) is 5. The Kier molecular flexibility index (Phi) is 3.81. The lowest BCUT2D eigenvalue weighted by Gasteiger charge is -2.25. The first-order valence-electron chi connectivity index (χ1n) is 4.92. The van der Waals surface area contributed by atoms with E-state index in [9.17, 15) is 16.8 Å². The molecule has 0 aromatic heterocycles. The van der Waals surface area contributed by atoms with Crippen LogP contribution in [0.4, 0.5) is 0 Å². The molecule has 0 bridgehead atoms. The first-order chi connectivity index (χ1) is 7.09. The van der Waals surface area contributed by atoms with E-state index < -0.39 is 24.9 Å². The van der Waals surface area contributed by atoms with Crippen LogP contribution in [0.1, 0.15) is 12.8 Å². The maximum atomic E-state index is 11.5. The summed E-state index contributed by atoms with van der Waals surface area (Å²) in [5.41, 5.74) is 6.10. The van der Waals surface area contributed by atoms with Crippen LogP contribution in [0.5, 0.6) is 0 Å². The van der Waals surface area contributed by atoms with Crippen LogP contribution in [-0.2, 0) is 19.7 Å². The number of nitrogens with two attached hydrogens (primary N) is 1. The minimum Gasteiger partial charge on any atom is -0.324 e. The molecule has 2 atom stereocenters. The normalized spacial score (nSPS) is 27.6. The molecular weight excluding hydrogens is 250 g/mol. The zero-order valence-electron chi connectivity index (χ0n) is 9.38. The standard InChI is InChI=1S/C9H17NO4S2/c1-15(11,12)6-7-5-8(10)3-4-9(7)16(2,13)14/h5,8-9H,3-4,6,10H2,1-2H3. The van der Waals surface area contributed by atoms with Crippen LogP contribution in [0.25, 0.3) is 0 Å². The molecule has 94 valence electrons. The Bertz CT molecular complexity index is 490. The van der Waals surface area contributed by atoms with Crippen LogP contribution < -0.4 is 5.73 Å². The second kappa shape index (κ2) is 4.46. The Morgan fingerprint density at radius 2 is 1.81 bits per heavy atom. The largest absolute Gasteiger partial charge is 0.324 e. The summed E-state index contributed by atoms with van der Waals surface area (Å²) in [5, 5.41) is -0.693. The molecule has 0 spiro atoms. The first kappa shape index (κ1) is 13.7. The van der Waals surface area contributed by atoms with E-state index in [2.05, 4.69) is 0 Å². The van der Waals surface area contributed by atoms with Gasteiger partial charge in [-0.1, -0.05) is 6.08 Å². The third-order valence-corrected chi connectivity index (χ3v) is 4.98. The fourth-order valence-corrected chi connectivity index (χ4v) is 4.21. The van der Waals surface area contributed by atoms with Crippen molar-refractivity contribution in [3.63, 3.8) is 0 Å². The zero-order chi connectivity index (χ0) is 12.6. The van der Waals surface area contributed by atoms with Crippen LogP contribution in [0.3, 0.4) is 0 Å². The summed E-state index contributed by atoms with van der Waals surface area (Å²) >= 11 is 0. The summed E-state index contributed by atoms with van der Waals surface area (Å²) in [6.07, 6.45) is 4.78. The minimum absolute atomic E-state index is 0.224. The lowest BCUT2D eigenvalue weighted by molar-refractivity contribution is 0.563. The third-order valence-electron chi connectivity index (χ3n) is 2.55. The van der Waals surface area contributed by atoms with Gasteiger partial charge in [0.05, 0.1) is 11.0 Å². The van der Waals surface area contributed by atoms with E-state index in [1.54, 1.807) is 6.08 Å². The quantitative estimate of drug-likeness (QED) is 0.695. The van der Waals surface area contributed by atoms with Crippen molar-refractivity contribution in [1.29, 1.82) is 0 Å². The maximum Gasteiger partial charge on any atom is 0.154 e. The SMILES string of the molecule is CS(=O)(=O)CC1=CC(N)CCC1S(C)(=O)=O. The Labute approximate surface area is 96.6 Å². The van der Waals surface area contributed by atoms with Crippen molar-refractivity contribution in [3.05, 3.63) is 11.6 Å². The molecule has 1 rings (SSSR count). The summed E-state index contributed by atoms with van der Waals surface area (Å²) in [7, 11) is -6.49. The Morgan fingerprint density at radius 3 is 2.25 bits per heavy atom. The van der Waals surface area contributed by atoms with Crippen molar-refractivity contribution in [2.75, 3.05) is 18.3 Å². The van der Waals surface area contributed by atoms with Gasteiger partial charge in [0, 0.05) is 18.6 Å². The summed E-state index contributed by atoms with van der Waals surface area (Å²) in [6.45, 7) is 0. The molecule has 0 aromatic rings. The van der Waals surface area contributed by atoms with E-state index in [-0.39, 0.29) is 11.8 Å². The van der Waals surface area contributed by atoms with Crippen LogP contribution in [0.2, 0.25) is 0 Å². The highest BCUT2D eigenvalue weighted by atomic mass is 32.2. The zero-order valence-corrected chi connectivity index (χ0v) is 11.0. The second-order valence-electron chi connectivity index (χ2n) is 4.37. The Hall–Kier alpha value is -0.400. The molecule has 0 heterocycles. The van der Waals surface area contributed by atoms with Gasteiger partial charge in [-0.15, -0.1) is 0 Å². The van der Waals surface area contributed by atoms with Gasteiger partial charge in [0.25, 0.3) is 0 Å². The molecule has 7 heteroatoms. The second-order valence-corrected chi connectivity index (χ2v) is 8.74. The van der Waals surface area contributed by atoms with E-state index in [1.165, 1.54) is 0 Å². The van der Waals surface area contributed by atoms with Crippen LogP contribution in [0.15, 0.2) is 11.6 Å². The highest BCUT2D eigenvalue weighted by molar-refractivity contribution is 7.92. The van der Waals surface area contributed by atoms with Crippen molar-refractivity contribution in [3.8, 4) is 0 Å². The molecule has 2 N–H and O–H groups in total. The molecule has 0 amide bonds. The third kappa shape index (κ3) is 3.88. The molecule has 1 aliphatic rings. The van der Waals surface area contributed by atoms with Crippen molar-refractivity contribution in [1.82, 2.24) is 0 Å². The minimum atomic E-state index is -3.26. The first-order valence-corrected chi connectivity index (χ1v) is 8.94. The fraction of sp³-hybridized carbons (Fsp3) is 0.778. The van der Waals surface area contributed by atoms with Gasteiger partial charge >= 0.3 is 0 Å². The summed E-state index contributed by atoms with van der Waals surface area (Å²) in [5.74, 6) is -0.224. The van der Waals surface area contributed by atoms with Gasteiger partial charge in [0.15, 0.2) is 19.7 Å². The fourth-order valence-electron chi connectivity index (χ4n) is 1.93. The average Bonchev–Trinajstić information content (AvgIpc) is 1.97. The van der Waals surface area contributed by atoms with Gasteiger partial charge in [0.1, 0.15) is 0 Å². The molecule has 1 aliphatic carbocycles. The molecule has 0 fully saturated rings. The molecular formula is C9H17NO4S2. The molecule has 0 radical (unpaired) electrons. The average molecular weight is 267 g/mol. The van der Waals surface area contributed by atoms with Crippen molar-refractivity contribution in [2.45, 2.75) is 24.1 Å². The highest BCUT2D eigenvalue weighted by Gasteiger charge is 2.30. The predicted octanol–water partition coefficient (Wildman–Crippen LogP) is -0.508. The van der Waals surface area contributed by atoms with Gasteiger partial charge in [-0.3, -0.25) is 0 Å². The molecule has 2 unspecified atom stereocenters. The van der Waals surface area contributed by atoms with E-state index in [1.807, 2.05) is 0 Å². The molecule has 0 saturated heterocycles. The summed E-state index contributed by atoms with van der Waals surface area (Å²) in [6, 6.07) is -0.241. The maximum absolute atomic E-state index is 11.5. The van der Waals surface area contributed by atoms with Crippen molar-refractivity contribution < 1.29 is 16.8 Å². The van der Waals surface area contributed by atoms with Crippen LogP contribution in [-0.4, -0.2) is 46.4 Å². The van der Waals surface area contributed by atoms with Gasteiger partial charge in [-0.25, -0.2) is 16.8 Å². The summed E-state index contributed by atoms with van der Waals surface area (Å²) < 4.78 is 45.4. The Balaban J connectivity index is 3.08. The Morgan fingerprint density at radius 1 is 1.25 bits per heavy atom. The molecule has 0 saturated carbocycles. The molecule has 0 aromatic carbocycles. The lowest BCUT2D eigenvalue weighted by Crippen LogP contribution is -2.34. The number of hydrogen-bond donors (Lipinski definition) is 1. The van der Waals surface area contributed by atoms with Gasteiger partial charge in [-0.05, 0) is 18.4 Å². The van der Waals surface area contributed by atoms with Crippen molar-refractivity contribution in [2.24, 2.45) is 5.73 Å². The van der Waals surface area contributed by atoms with Crippen LogP contribution >= 0.6 is 0 Å². The predicted molar refractivity (Wildman–Crippen MR) is 63.6 cm³/mol. The van der Waals surface area contributed by atoms with E-state index in [4.69, 9.17) is 5.73 Å². The lowest BCUT2D eigenvalue weighted by atomic mass is 9.97. The topological polar surface area (TPSA) is 94.3 Å². The van der Waals surface area contributed by atoms with Crippen LogP contribution in [0, 0.1) is 0 Å². The summed E-state index contributed by atoms with van der Waals surface area (Å²) in [4.78, 5) is 0. The van der Waals surface area contributed by atoms with Crippen molar-refractivity contribution >= 4 is 19.7 Å². The van der Waals surface area contributed by atoms with E-state index in [0.29, 0.717) is 18.4 Å². The van der Waals surface area contributed by atoms with E-state index in [0.717, 1.165) is 12.5 Å². The van der Waals surface area contributed by atoms with Gasteiger partial charge < -0.3 is 5.73 Å². The smallest absolute Gasteiger partial charge is 0.154 e. The van der Waals surface area contributed by atoms with Gasteiger partial charge in [-0.2, -0.15) is 0 Å². The number of rotatable bonds is 3. The molecule has 5 nitrogen and oxygen atoms in total.